The topological polar surface area (TPSA) is 60.5 Å². The molecule has 1 aromatic heterocycles. The van der Waals surface area contributed by atoms with E-state index in [4.69, 9.17) is 21.1 Å². The SMILES string of the molecule is COc1ccc(OC)c(/C=C\CC(=O)Nc2cncc(Cl)c2)c1. The van der Waals surface area contributed by atoms with E-state index in [1.807, 2.05) is 24.3 Å². The van der Waals surface area contributed by atoms with Crippen molar-refractivity contribution in [2.24, 2.45) is 0 Å². The number of pyridine rings is 1. The van der Waals surface area contributed by atoms with E-state index in [-0.39, 0.29) is 12.3 Å². The van der Waals surface area contributed by atoms with Gasteiger partial charge in [0.15, 0.2) is 0 Å². The smallest absolute Gasteiger partial charge is 0.228 e. The van der Waals surface area contributed by atoms with Crippen LogP contribution in [0.5, 0.6) is 11.5 Å². The number of hydrogen-bond acceptors (Lipinski definition) is 4. The molecule has 1 aromatic carbocycles. The number of methoxy groups -OCH3 is 2. The monoisotopic (exact) mass is 332 g/mol. The molecule has 5 nitrogen and oxygen atoms in total. The number of hydrogen-bond donors (Lipinski definition) is 1. The van der Waals surface area contributed by atoms with Gasteiger partial charge in [-0.15, -0.1) is 0 Å². The van der Waals surface area contributed by atoms with E-state index in [1.54, 1.807) is 32.6 Å². The number of halogens is 1. The minimum Gasteiger partial charge on any atom is -0.497 e. The summed E-state index contributed by atoms with van der Waals surface area (Å²) < 4.78 is 10.5. The molecule has 2 rings (SSSR count). The van der Waals surface area contributed by atoms with E-state index < -0.39 is 0 Å². The predicted octanol–water partition coefficient (Wildman–Crippen LogP) is 3.79. The average molecular weight is 333 g/mol. The Hall–Kier alpha value is -2.53. The fourth-order valence-electron chi connectivity index (χ4n) is 1.95. The normalized spacial score (nSPS) is 10.6. The lowest BCUT2D eigenvalue weighted by Crippen LogP contribution is -2.10. The molecule has 0 spiro atoms. The number of amides is 1. The van der Waals surface area contributed by atoms with Crippen LogP contribution in [0.15, 0.2) is 42.7 Å². The third-order valence-corrected chi connectivity index (χ3v) is 3.23. The Balaban J connectivity index is 1.99. The number of ether oxygens (including phenoxy) is 2. The number of nitrogens with one attached hydrogen (secondary N) is 1. The van der Waals surface area contributed by atoms with Crippen molar-refractivity contribution in [3.8, 4) is 11.5 Å². The summed E-state index contributed by atoms with van der Waals surface area (Å²) in [7, 11) is 3.19. The lowest BCUT2D eigenvalue weighted by Gasteiger charge is -2.07. The van der Waals surface area contributed by atoms with Crippen LogP contribution in [0, 0.1) is 0 Å². The Morgan fingerprint density at radius 1 is 1.26 bits per heavy atom. The van der Waals surface area contributed by atoms with Crippen LogP contribution in [-0.4, -0.2) is 25.1 Å². The van der Waals surface area contributed by atoms with E-state index in [0.717, 1.165) is 11.3 Å². The largest absolute Gasteiger partial charge is 0.497 e. The summed E-state index contributed by atoms with van der Waals surface area (Å²) in [5.41, 5.74) is 1.40. The van der Waals surface area contributed by atoms with Gasteiger partial charge < -0.3 is 14.8 Å². The lowest BCUT2D eigenvalue weighted by molar-refractivity contribution is -0.115. The summed E-state index contributed by atoms with van der Waals surface area (Å²) in [5.74, 6) is 1.27. The van der Waals surface area contributed by atoms with Crippen LogP contribution in [-0.2, 0) is 4.79 Å². The molecule has 0 aliphatic carbocycles. The molecule has 1 N–H and O–H groups in total. The van der Waals surface area contributed by atoms with E-state index in [9.17, 15) is 4.79 Å². The van der Waals surface area contributed by atoms with Gasteiger partial charge in [0.1, 0.15) is 11.5 Å². The quantitative estimate of drug-likeness (QED) is 0.874. The molecular weight excluding hydrogens is 316 g/mol. The fourth-order valence-corrected chi connectivity index (χ4v) is 2.13. The Bertz CT molecular complexity index is 717. The third-order valence-electron chi connectivity index (χ3n) is 3.03. The molecule has 0 aliphatic heterocycles. The van der Waals surface area contributed by atoms with Gasteiger partial charge in [-0.3, -0.25) is 9.78 Å². The minimum atomic E-state index is -0.160. The first-order chi connectivity index (χ1) is 11.1. The summed E-state index contributed by atoms with van der Waals surface area (Å²) >= 11 is 5.82. The molecule has 0 radical (unpaired) electrons. The van der Waals surface area contributed by atoms with Gasteiger partial charge in [0.2, 0.25) is 5.91 Å². The zero-order chi connectivity index (χ0) is 16.7. The van der Waals surface area contributed by atoms with E-state index in [2.05, 4.69) is 10.3 Å². The maximum atomic E-state index is 11.9. The first-order valence-corrected chi connectivity index (χ1v) is 7.29. The number of carbonyl (C=O) groups is 1. The van der Waals surface area contributed by atoms with Crippen molar-refractivity contribution in [1.29, 1.82) is 0 Å². The molecule has 120 valence electrons. The maximum Gasteiger partial charge on any atom is 0.228 e. The second-order valence-electron chi connectivity index (χ2n) is 4.65. The molecule has 1 heterocycles. The lowest BCUT2D eigenvalue weighted by atomic mass is 10.1. The van der Waals surface area contributed by atoms with Crippen molar-refractivity contribution in [3.05, 3.63) is 53.3 Å². The van der Waals surface area contributed by atoms with Gasteiger partial charge in [0.05, 0.1) is 31.1 Å². The molecule has 0 bridgehead atoms. The second-order valence-corrected chi connectivity index (χ2v) is 5.09. The highest BCUT2D eigenvalue weighted by Gasteiger charge is 2.03. The molecule has 0 saturated carbocycles. The predicted molar refractivity (Wildman–Crippen MR) is 91.1 cm³/mol. The van der Waals surface area contributed by atoms with Crippen LogP contribution in [0.2, 0.25) is 5.02 Å². The molecule has 23 heavy (non-hydrogen) atoms. The molecule has 0 unspecified atom stereocenters. The van der Waals surface area contributed by atoms with Crippen molar-refractivity contribution in [2.45, 2.75) is 6.42 Å². The highest BCUT2D eigenvalue weighted by Crippen LogP contribution is 2.25. The van der Waals surface area contributed by atoms with Crippen molar-refractivity contribution in [1.82, 2.24) is 4.98 Å². The van der Waals surface area contributed by atoms with Gasteiger partial charge in [-0.05, 0) is 24.3 Å². The van der Waals surface area contributed by atoms with Gasteiger partial charge in [-0.2, -0.15) is 0 Å². The van der Waals surface area contributed by atoms with Crippen LogP contribution in [0.1, 0.15) is 12.0 Å². The van der Waals surface area contributed by atoms with Gasteiger partial charge in [0.25, 0.3) is 0 Å². The summed E-state index contributed by atoms with van der Waals surface area (Å²) in [6.45, 7) is 0. The Labute approximate surface area is 139 Å². The zero-order valence-electron chi connectivity index (χ0n) is 12.9. The van der Waals surface area contributed by atoms with Crippen LogP contribution in [0.25, 0.3) is 6.08 Å². The standard InChI is InChI=1S/C17H17ClN2O3/c1-22-15-6-7-16(23-2)12(8-15)4-3-5-17(21)20-14-9-13(18)10-19-11-14/h3-4,6-11H,5H2,1-2H3,(H,20,21)/b4-3-. The number of carbonyl (C=O) groups excluding carboxylic acids is 1. The number of nitrogens with zero attached hydrogens (tertiary/aromatic N) is 1. The van der Waals surface area contributed by atoms with E-state index in [1.165, 1.54) is 6.20 Å². The molecule has 0 aliphatic rings. The maximum absolute atomic E-state index is 11.9. The number of rotatable bonds is 6. The fraction of sp³-hybridized carbons (Fsp3) is 0.176. The molecule has 2 aromatic rings. The van der Waals surface area contributed by atoms with Gasteiger partial charge in [-0.25, -0.2) is 0 Å². The Kier molecular flexibility index (Phi) is 6.00. The van der Waals surface area contributed by atoms with Crippen LogP contribution in [0.3, 0.4) is 0 Å². The van der Waals surface area contributed by atoms with Crippen LogP contribution in [0.4, 0.5) is 5.69 Å². The van der Waals surface area contributed by atoms with Gasteiger partial charge in [-0.1, -0.05) is 23.8 Å². The molecular formula is C17H17ClN2O3. The summed E-state index contributed by atoms with van der Waals surface area (Å²) in [6.07, 6.45) is 6.83. The average Bonchev–Trinajstić information content (AvgIpc) is 2.54. The van der Waals surface area contributed by atoms with Crippen LogP contribution < -0.4 is 14.8 Å². The second kappa shape index (κ2) is 8.19. The summed E-state index contributed by atoms with van der Waals surface area (Å²) in [5, 5.41) is 3.20. The van der Waals surface area contributed by atoms with Crippen molar-refractivity contribution in [2.75, 3.05) is 19.5 Å². The van der Waals surface area contributed by atoms with Crippen molar-refractivity contribution >= 4 is 29.3 Å². The van der Waals surface area contributed by atoms with E-state index >= 15 is 0 Å². The number of anilines is 1. The molecule has 0 saturated heterocycles. The summed E-state index contributed by atoms with van der Waals surface area (Å²) in [4.78, 5) is 15.8. The Morgan fingerprint density at radius 3 is 2.78 bits per heavy atom. The van der Waals surface area contributed by atoms with Gasteiger partial charge >= 0.3 is 0 Å². The Morgan fingerprint density at radius 2 is 2.09 bits per heavy atom. The molecule has 1 amide bonds. The number of aromatic nitrogens is 1. The third kappa shape index (κ3) is 5.00. The zero-order valence-corrected chi connectivity index (χ0v) is 13.6. The number of benzene rings is 1. The highest BCUT2D eigenvalue weighted by atomic mass is 35.5. The van der Waals surface area contributed by atoms with Crippen LogP contribution >= 0.6 is 11.6 Å². The summed E-state index contributed by atoms with van der Waals surface area (Å²) in [6, 6.07) is 7.11. The molecule has 6 heteroatoms. The van der Waals surface area contributed by atoms with Gasteiger partial charge in [0, 0.05) is 18.2 Å². The van der Waals surface area contributed by atoms with Crippen molar-refractivity contribution in [3.63, 3.8) is 0 Å². The molecule has 0 fully saturated rings. The van der Waals surface area contributed by atoms with E-state index in [0.29, 0.717) is 16.5 Å². The first-order valence-electron chi connectivity index (χ1n) is 6.91. The molecule has 0 atom stereocenters. The highest BCUT2D eigenvalue weighted by molar-refractivity contribution is 6.30. The minimum absolute atomic E-state index is 0.160. The van der Waals surface area contributed by atoms with Crippen molar-refractivity contribution < 1.29 is 14.3 Å². The first kappa shape index (κ1) is 16.8.